The minimum Gasteiger partial charge on any atom is -0.496 e. The Morgan fingerprint density at radius 3 is 2.25 bits per heavy atom. The number of hydrogen-bond donors (Lipinski definition) is 1. The molecule has 0 heterocycles. The van der Waals surface area contributed by atoms with Gasteiger partial charge in [0, 0.05) is 24.7 Å². The first-order valence-electron chi connectivity index (χ1n) is 8.82. The largest absolute Gasteiger partial charge is 0.496 e. The van der Waals surface area contributed by atoms with E-state index in [-0.39, 0.29) is 22.9 Å². The van der Waals surface area contributed by atoms with Crippen LogP contribution >= 0.6 is 0 Å². The normalized spacial score (nSPS) is 14.4. The van der Waals surface area contributed by atoms with E-state index in [0.29, 0.717) is 11.3 Å². The summed E-state index contributed by atoms with van der Waals surface area (Å²) in [6.45, 7) is 5.63. The maximum Gasteiger partial charge on any atom is 0.425 e. The zero-order chi connectivity index (χ0) is 21.1. The van der Waals surface area contributed by atoms with Crippen LogP contribution in [0.3, 0.4) is 0 Å². The average molecular weight is 394 g/mol. The number of aryl methyl sites for hydroxylation is 1. The number of hydrogen-bond acceptors (Lipinski definition) is 3. The molecule has 28 heavy (non-hydrogen) atoms. The third-order valence-electron chi connectivity index (χ3n) is 4.70. The lowest BCUT2D eigenvalue weighted by Gasteiger charge is -2.33. The summed E-state index contributed by atoms with van der Waals surface area (Å²) in [7, 11) is 3.12. The molecule has 0 bridgehead atoms. The van der Waals surface area contributed by atoms with Crippen molar-refractivity contribution >= 4 is 12.0 Å². The lowest BCUT2D eigenvalue weighted by atomic mass is 9.84. The summed E-state index contributed by atoms with van der Waals surface area (Å²) in [5.74, 6) is -0.0892. The zero-order valence-electron chi connectivity index (χ0n) is 16.6. The Morgan fingerprint density at radius 2 is 1.75 bits per heavy atom. The molecule has 0 aliphatic carbocycles. The highest BCUT2D eigenvalue weighted by Gasteiger charge is 2.57. The average Bonchev–Trinajstić information content (AvgIpc) is 2.65. The van der Waals surface area contributed by atoms with Crippen LogP contribution in [0.4, 0.5) is 18.9 Å². The van der Waals surface area contributed by atoms with E-state index >= 15 is 0 Å². The highest BCUT2D eigenvalue weighted by molar-refractivity contribution is 5.66. The van der Waals surface area contributed by atoms with Gasteiger partial charge in [0.25, 0.3) is 0 Å². The number of rotatable bonds is 6. The van der Waals surface area contributed by atoms with Crippen molar-refractivity contribution in [3.8, 4) is 5.75 Å². The number of nitrogens with zero attached hydrogens (tertiary/aromatic N) is 2. The number of alkyl halides is 3. The minimum atomic E-state index is -4.95. The zero-order valence-corrected chi connectivity index (χ0v) is 16.6. The van der Waals surface area contributed by atoms with Crippen molar-refractivity contribution in [1.82, 2.24) is 4.90 Å². The highest BCUT2D eigenvalue weighted by atomic mass is 19.4. The smallest absolute Gasteiger partial charge is 0.425 e. The molecule has 0 aromatic heterocycles. The Morgan fingerprint density at radius 1 is 1.14 bits per heavy atom. The van der Waals surface area contributed by atoms with Crippen LogP contribution in [0.25, 0.3) is 0 Å². The Hall–Kier alpha value is -2.54. The van der Waals surface area contributed by atoms with Gasteiger partial charge in [-0.25, -0.2) is 4.99 Å². The fraction of sp³-hybridized carbons (Fsp3) is 0.381. The Kier molecular flexibility index (Phi) is 6.39. The van der Waals surface area contributed by atoms with Gasteiger partial charge >= 0.3 is 6.18 Å². The molecular formula is C21H25F3N2O2. The van der Waals surface area contributed by atoms with Gasteiger partial charge in [-0.1, -0.05) is 30.3 Å². The van der Waals surface area contributed by atoms with Crippen LogP contribution in [0.1, 0.15) is 30.5 Å². The van der Waals surface area contributed by atoms with E-state index in [1.165, 1.54) is 43.5 Å². The van der Waals surface area contributed by atoms with Gasteiger partial charge in [0.2, 0.25) is 5.60 Å². The second-order valence-electron chi connectivity index (χ2n) is 6.92. The van der Waals surface area contributed by atoms with Crippen molar-refractivity contribution in [2.24, 2.45) is 4.99 Å². The Bertz CT molecular complexity index is 836. The van der Waals surface area contributed by atoms with Gasteiger partial charge < -0.3 is 14.7 Å². The maximum atomic E-state index is 14.0. The van der Waals surface area contributed by atoms with Gasteiger partial charge in [0.15, 0.2) is 0 Å². The first-order chi connectivity index (χ1) is 13.0. The summed E-state index contributed by atoms with van der Waals surface area (Å²) in [6.07, 6.45) is -3.34. The Labute approximate surface area is 163 Å². The van der Waals surface area contributed by atoms with Crippen LogP contribution < -0.4 is 4.74 Å². The fourth-order valence-electron chi connectivity index (χ4n) is 2.71. The molecule has 0 saturated heterocycles. The lowest BCUT2D eigenvalue weighted by Crippen LogP contribution is -2.43. The lowest BCUT2D eigenvalue weighted by molar-refractivity contribution is -0.248. The second kappa shape index (κ2) is 8.22. The van der Waals surface area contributed by atoms with Crippen molar-refractivity contribution in [2.45, 2.75) is 38.6 Å². The monoisotopic (exact) mass is 394 g/mol. The predicted molar refractivity (Wildman–Crippen MR) is 104 cm³/mol. The van der Waals surface area contributed by atoms with Gasteiger partial charge in [-0.05, 0) is 38.0 Å². The van der Waals surface area contributed by atoms with Gasteiger partial charge in [0.1, 0.15) is 5.75 Å². The molecule has 0 aliphatic heterocycles. The predicted octanol–water partition coefficient (Wildman–Crippen LogP) is 4.80. The van der Waals surface area contributed by atoms with Crippen LogP contribution in [-0.4, -0.2) is 42.7 Å². The van der Waals surface area contributed by atoms with Crippen LogP contribution in [0.2, 0.25) is 0 Å². The Balaban J connectivity index is 2.65. The summed E-state index contributed by atoms with van der Waals surface area (Å²) in [5, 5.41) is 10.9. The molecule has 0 saturated carbocycles. The van der Waals surface area contributed by atoms with Gasteiger partial charge in [0.05, 0.1) is 19.1 Å². The molecule has 2 aromatic rings. The molecule has 2 aromatic carbocycles. The molecule has 1 N–H and O–H groups in total. The topological polar surface area (TPSA) is 45.1 Å². The van der Waals surface area contributed by atoms with E-state index in [4.69, 9.17) is 4.74 Å². The maximum absolute atomic E-state index is 14.0. The molecule has 0 spiro atoms. The molecular weight excluding hydrogens is 369 g/mol. The molecule has 7 heteroatoms. The first-order valence-corrected chi connectivity index (χ1v) is 8.82. The molecule has 4 nitrogen and oxygen atoms in total. The van der Waals surface area contributed by atoms with Gasteiger partial charge in [-0.15, -0.1) is 0 Å². The highest BCUT2D eigenvalue weighted by Crippen LogP contribution is 2.48. The summed E-state index contributed by atoms with van der Waals surface area (Å²) in [5.41, 5.74) is -2.91. The third-order valence-corrected chi connectivity index (χ3v) is 4.70. The number of benzene rings is 2. The van der Waals surface area contributed by atoms with Crippen molar-refractivity contribution in [3.63, 3.8) is 0 Å². The van der Waals surface area contributed by atoms with E-state index < -0.39 is 11.8 Å². The molecule has 0 fully saturated rings. The number of halogens is 3. The number of aliphatic imine (C=N–C) groups is 1. The third kappa shape index (κ3) is 4.14. The fourth-order valence-corrected chi connectivity index (χ4v) is 2.71. The molecule has 152 valence electrons. The van der Waals surface area contributed by atoms with E-state index in [1.807, 2.05) is 25.8 Å². The second-order valence-corrected chi connectivity index (χ2v) is 6.92. The summed E-state index contributed by atoms with van der Waals surface area (Å²) in [6, 6.07) is 9.89. The van der Waals surface area contributed by atoms with Crippen LogP contribution in [0.15, 0.2) is 47.5 Å². The van der Waals surface area contributed by atoms with Crippen molar-refractivity contribution < 1.29 is 23.0 Å². The summed E-state index contributed by atoms with van der Waals surface area (Å²) < 4.78 is 47.3. The van der Waals surface area contributed by atoms with Gasteiger partial charge in [-0.3, -0.25) is 0 Å². The summed E-state index contributed by atoms with van der Waals surface area (Å²) >= 11 is 0. The van der Waals surface area contributed by atoms with E-state index in [9.17, 15) is 18.3 Å². The van der Waals surface area contributed by atoms with E-state index in [2.05, 4.69) is 4.99 Å². The molecule has 0 aliphatic rings. The quantitative estimate of drug-likeness (QED) is 0.565. The first kappa shape index (κ1) is 21.8. The molecule has 1 atom stereocenters. The number of ether oxygens (including phenoxy) is 1. The van der Waals surface area contributed by atoms with Crippen LogP contribution in [0, 0.1) is 6.92 Å². The van der Waals surface area contributed by atoms with Crippen LogP contribution in [0.5, 0.6) is 5.75 Å². The van der Waals surface area contributed by atoms with E-state index in [1.54, 1.807) is 19.3 Å². The molecule has 2 rings (SSSR count). The number of methoxy groups -OCH3 is 1. The number of aliphatic hydroxyl groups is 1. The summed E-state index contributed by atoms with van der Waals surface area (Å²) in [4.78, 5) is 6.22. The van der Waals surface area contributed by atoms with Crippen molar-refractivity contribution in [3.05, 3.63) is 59.2 Å². The van der Waals surface area contributed by atoms with Crippen LogP contribution in [-0.2, 0) is 5.60 Å². The molecule has 0 amide bonds. The van der Waals surface area contributed by atoms with Gasteiger partial charge in [-0.2, -0.15) is 13.2 Å². The van der Waals surface area contributed by atoms with Crippen molar-refractivity contribution in [1.29, 1.82) is 0 Å². The minimum absolute atomic E-state index is 0.0892. The van der Waals surface area contributed by atoms with E-state index in [0.717, 1.165) is 0 Å². The SMILES string of the molecule is COc1cc(N=CN(C)C(C)C)c(C)cc1C(O)(c1ccccc1)C(F)(F)F. The standard InChI is InChI=1S/C21H25F3N2O2/c1-14(2)26(4)13-25-18-12-19(28-5)17(11-15(18)3)20(27,21(22,23)24)16-9-7-6-8-10-16/h6-14,27H,1-5H3. The molecule has 1 unspecified atom stereocenters. The molecule has 0 radical (unpaired) electrons. The van der Waals surface area contributed by atoms with Crippen molar-refractivity contribution in [2.75, 3.05) is 14.2 Å².